The van der Waals surface area contributed by atoms with Crippen LogP contribution in [0.4, 0.5) is 0 Å². The first-order valence-corrected chi connectivity index (χ1v) is 8.65. The minimum absolute atomic E-state index is 0.401. The number of aliphatic hydroxyl groups excluding tert-OH is 1. The number of hydrogen-bond acceptors (Lipinski definition) is 5. The van der Waals surface area contributed by atoms with E-state index in [1.54, 1.807) is 17.9 Å². The predicted octanol–water partition coefficient (Wildman–Crippen LogP) is 2.04. The summed E-state index contributed by atoms with van der Waals surface area (Å²) in [4.78, 5) is 5.76. The van der Waals surface area contributed by atoms with E-state index in [1.165, 1.54) is 30.6 Å². The van der Waals surface area contributed by atoms with Crippen LogP contribution in [0.25, 0.3) is 0 Å². The summed E-state index contributed by atoms with van der Waals surface area (Å²) >= 11 is 1.50. The molecule has 0 aliphatic heterocycles. The Morgan fingerprint density at radius 1 is 1.36 bits per heavy atom. The Labute approximate surface area is 134 Å². The molecular weight excluding hydrogens is 298 g/mol. The van der Waals surface area contributed by atoms with Crippen LogP contribution in [0.3, 0.4) is 0 Å². The second kappa shape index (κ2) is 6.48. The van der Waals surface area contributed by atoms with E-state index >= 15 is 0 Å². The third-order valence-electron chi connectivity index (χ3n) is 4.43. The van der Waals surface area contributed by atoms with Gasteiger partial charge in [-0.1, -0.05) is 48.8 Å². The molecule has 1 aromatic rings. The molecule has 120 valence electrons. The molecule has 2 aliphatic carbocycles. The average molecular weight is 321 g/mol. The first-order chi connectivity index (χ1) is 10.7. The number of allylic oxidation sites excluding steroid dienone is 2. The summed E-state index contributed by atoms with van der Waals surface area (Å²) in [7, 11) is 3.51. The Balaban J connectivity index is 1.96. The van der Waals surface area contributed by atoms with Gasteiger partial charge in [0.15, 0.2) is 10.6 Å². The van der Waals surface area contributed by atoms with E-state index in [-0.39, 0.29) is 0 Å². The van der Waals surface area contributed by atoms with Gasteiger partial charge < -0.3 is 9.84 Å². The molecule has 3 rings (SSSR count). The lowest BCUT2D eigenvalue weighted by Gasteiger charge is -2.31. The highest BCUT2D eigenvalue weighted by atomic mass is 32.1. The molecule has 1 saturated carbocycles. The maximum atomic E-state index is 10.4. The molecule has 0 radical (unpaired) electrons. The number of aryl methyl sites for hydroxylation is 1. The number of nitrogens with zero attached hydrogens (tertiary/aromatic N) is 3. The first kappa shape index (κ1) is 15.6. The van der Waals surface area contributed by atoms with Gasteiger partial charge in [-0.15, -0.1) is 0 Å². The molecule has 2 unspecified atom stereocenters. The molecule has 22 heavy (non-hydrogen) atoms. The van der Waals surface area contributed by atoms with E-state index in [9.17, 15) is 5.11 Å². The lowest BCUT2D eigenvalue weighted by molar-refractivity contribution is -0.0546. The van der Waals surface area contributed by atoms with Gasteiger partial charge in [0.2, 0.25) is 4.80 Å². The van der Waals surface area contributed by atoms with E-state index in [1.807, 2.05) is 25.3 Å². The minimum atomic E-state index is -0.905. The highest BCUT2D eigenvalue weighted by Crippen LogP contribution is 2.34. The largest absolute Gasteiger partial charge is 0.385 e. The first-order valence-electron chi connectivity index (χ1n) is 7.83. The molecule has 1 fully saturated rings. The Morgan fingerprint density at radius 3 is 2.82 bits per heavy atom. The molecular formula is C16H23N3O2S. The Morgan fingerprint density at radius 2 is 2.14 bits per heavy atom. The van der Waals surface area contributed by atoms with Crippen molar-refractivity contribution in [1.82, 2.24) is 9.78 Å². The van der Waals surface area contributed by atoms with E-state index in [2.05, 4.69) is 5.10 Å². The standard InChI is InChI=1S/C16H23N3O2S/c1-19-15(17-12-8-4-3-5-9-12)22-14(18-19)16(21-2)11-7-6-10-13(16)20/h6-7,10-13,20H,3-5,8-9H2,1-2H3. The van der Waals surface area contributed by atoms with Crippen LogP contribution < -0.4 is 4.80 Å². The molecule has 0 amide bonds. The van der Waals surface area contributed by atoms with Crippen LogP contribution in [-0.4, -0.2) is 34.1 Å². The fraction of sp³-hybridized carbons (Fsp3) is 0.625. The van der Waals surface area contributed by atoms with Gasteiger partial charge in [0.25, 0.3) is 0 Å². The van der Waals surface area contributed by atoms with Gasteiger partial charge >= 0.3 is 0 Å². The smallest absolute Gasteiger partial charge is 0.203 e. The molecule has 2 atom stereocenters. The quantitative estimate of drug-likeness (QED) is 0.927. The van der Waals surface area contributed by atoms with Crippen molar-refractivity contribution in [2.45, 2.75) is 49.9 Å². The van der Waals surface area contributed by atoms with Gasteiger partial charge in [-0.2, -0.15) is 5.10 Å². The van der Waals surface area contributed by atoms with E-state index in [0.29, 0.717) is 6.04 Å². The maximum Gasteiger partial charge on any atom is 0.203 e. The molecule has 0 bridgehead atoms. The number of aliphatic hydroxyl groups is 1. The Kier molecular flexibility index (Phi) is 4.61. The molecule has 2 aliphatic rings. The third-order valence-corrected chi connectivity index (χ3v) is 5.58. The SMILES string of the molecule is COC1(c2nn(C)c(=NC3CCCCC3)s2)C=CC=CC1O. The summed E-state index contributed by atoms with van der Waals surface area (Å²) in [6.45, 7) is 0. The second-order valence-corrected chi connectivity index (χ2v) is 6.88. The van der Waals surface area contributed by atoms with Crippen molar-refractivity contribution in [2.24, 2.45) is 12.0 Å². The van der Waals surface area contributed by atoms with Crippen molar-refractivity contribution < 1.29 is 9.84 Å². The topological polar surface area (TPSA) is 59.6 Å². The van der Waals surface area contributed by atoms with Gasteiger partial charge in [0, 0.05) is 14.2 Å². The zero-order valence-corrected chi connectivity index (χ0v) is 13.9. The summed E-state index contributed by atoms with van der Waals surface area (Å²) in [6.07, 6.45) is 12.7. The van der Waals surface area contributed by atoms with Crippen molar-refractivity contribution in [3.63, 3.8) is 0 Å². The summed E-state index contributed by atoms with van der Waals surface area (Å²) in [6, 6.07) is 0.401. The number of methoxy groups -OCH3 is 1. The Bertz CT molecular complexity index is 640. The van der Waals surface area contributed by atoms with Gasteiger partial charge in [-0.25, -0.2) is 4.68 Å². The fourth-order valence-electron chi connectivity index (χ4n) is 3.07. The van der Waals surface area contributed by atoms with Crippen molar-refractivity contribution in [3.8, 4) is 0 Å². The van der Waals surface area contributed by atoms with Crippen LogP contribution in [-0.2, 0) is 17.4 Å². The summed E-state index contributed by atoms with van der Waals surface area (Å²) < 4.78 is 7.44. The zero-order chi connectivity index (χ0) is 15.6. The van der Waals surface area contributed by atoms with Gasteiger partial charge in [0.05, 0.1) is 6.04 Å². The second-order valence-electron chi connectivity index (χ2n) is 5.92. The normalized spacial score (nSPS) is 30.1. The molecule has 0 spiro atoms. The highest BCUT2D eigenvalue weighted by molar-refractivity contribution is 7.09. The van der Waals surface area contributed by atoms with Crippen LogP contribution in [0.1, 0.15) is 37.1 Å². The number of aromatic nitrogens is 2. The molecule has 5 nitrogen and oxygen atoms in total. The van der Waals surface area contributed by atoms with Crippen LogP contribution in [0.15, 0.2) is 29.3 Å². The monoisotopic (exact) mass is 321 g/mol. The van der Waals surface area contributed by atoms with Gasteiger partial charge in [0.1, 0.15) is 6.10 Å². The molecule has 1 N–H and O–H groups in total. The zero-order valence-electron chi connectivity index (χ0n) is 13.1. The van der Waals surface area contributed by atoms with E-state index in [0.717, 1.165) is 22.7 Å². The maximum absolute atomic E-state index is 10.4. The van der Waals surface area contributed by atoms with E-state index in [4.69, 9.17) is 9.73 Å². The van der Waals surface area contributed by atoms with Gasteiger partial charge in [-0.05, 0) is 18.9 Å². The molecule has 6 heteroatoms. The fourth-order valence-corrected chi connectivity index (χ4v) is 4.21. The van der Waals surface area contributed by atoms with Gasteiger partial charge in [-0.3, -0.25) is 4.99 Å². The third kappa shape index (κ3) is 2.83. The lowest BCUT2D eigenvalue weighted by Crippen LogP contribution is -2.39. The summed E-state index contributed by atoms with van der Waals surface area (Å²) in [5, 5.41) is 15.7. The lowest BCUT2D eigenvalue weighted by atomic mass is 9.93. The van der Waals surface area contributed by atoms with Crippen molar-refractivity contribution in [2.75, 3.05) is 7.11 Å². The van der Waals surface area contributed by atoms with E-state index < -0.39 is 11.7 Å². The summed E-state index contributed by atoms with van der Waals surface area (Å²) in [5.41, 5.74) is -0.905. The van der Waals surface area contributed by atoms with Crippen LogP contribution in [0.5, 0.6) is 0 Å². The molecule has 1 heterocycles. The molecule has 1 aromatic heterocycles. The number of hydrogen-bond donors (Lipinski definition) is 1. The summed E-state index contributed by atoms with van der Waals surface area (Å²) in [5.74, 6) is 0. The average Bonchev–Trinajstić information content (AvgIpc) is 2.90. The molecule has 0 aromatic carbocycles. The van der Waals surface area contributed by atoms with Crippen LogP contribution in [0, 0.1) is 0 Å². The van der Waals surface area contributed by atoms with Crippen molar-refractivity contribution >= 4 is 11.3 Å². The van der Waals surface area contributed by atoms with Crippen LogP contribution in [0.2, 0.25) is 0 Å². The van der Waals surface area contributed by atoms with Crippen molar-refractivity contribution in [3.05, 3.63) is 34.1 Å². The number of ether oxygens (including phenoxy) is 1. The minimum Gasteiger partial charge on any atom is -0.385 e. The highest BCUT2D eigenvalue weighted by Gasteiger charge is 2.41. The number of rotatable bonds is 3. The Hall–Kier alpha value is -1.24. The molecule has 0 saturated heterocycles. The predicted molar refractivity (Wildman–Crippen MR) is 86.5 cm³/mol. The van der Waals surface area contributed by atoms with Crippen molar-refractivity contribution in [1.29, 1.82) is 0 Å². The van der Waals surface area contributed by atoms with Crippen LogP contribution >= 0.6 is 11.3 Å².